The van der Waals surface area contributed by atoms with E-state index < -0.39 is 11.6 Å². The first-order valence-corrected chi connectivity index (χ1v) is 6.52. The summed E-state index contributed by atoms with van der Waals surface area (Å²) in [5.74, 6) is -0.107. The Morgan fingerprint density at radius 1 is 1.35 bits per heavy atom. The van der Waals surface area contributed by atoms with E-state index in [9.17, 15) is 9.59 Å². The fourth-order valence-electron chi connectivity index (χ4n) is 1.97. The molecule has 0 N–H and O–H groups in total. The molecule has 106 valence electrons. The molecule has 1 fully saturated rings. The van der Waals surface area contributed by atoms with Crippen LogP contribution in [0.4, 0.5) is 0 Å². The Bertz CT molecular complexity index is 594. The number of ketones is 1. The van der Waals surface area contributed by atoms with Gasteiger partial charge < -0.3 is 9.47 Å². The van der Waals surface area contributed by atoms with Crippen LogP contribution in [-0.4, -0.2) is 18.4 Å². The molecule has 1 aliphatic rings. The molecule has 1 atom stereocenters. The Morgan fingerprint density at radius 3 is 2.50 bits per heavy atom. The Labute approximate surface area is 118 Å². The van der Waals surface area contributed by atoms with E-state index in [1.807, 2.05) is 13.0 Å². The van der Waals surface area contributed by atoms with E-state index >= 15 is 0 Å². The number of allylic oxidation sites excluding steroid dienone is 1. The fraction of sp³-hybridized carbons (Fsp3) is 0.375. The van der Waals surface area contributed by atoms with Crippen LogP contribution in [0.3, 0.4) is 0 Å². The number of esters is 1. The number of aryl methyl sites for hydroxylation is 1. The molecule has 1 unspecified atom stereocenters. The summed E-state index contributed by atoms with van der Waals surface area (Å²) in [6, 6.07) is 5.42. The quantitative estimate of drug-likeness (QED) is 0.366. The van der Waals surface area contributed by atoms with E-state index in [4.69, 9.17) is 9.47 Å². The molecule has 1 heterocycles. The highest BCUT2D eigenvalue weighted by Crippen LogP contribution is 2.44. The first-order valence-electron chi connectivity index (χ1n) is 6.52. The van der Waals surface area contributed by atoms with Crippen molar-refractivity contribution in [1.82, 2.24) is 0 Å². The summed E-state index contributed by atoms with van der Waals surface area (Å²) in [6.07, 6.45) is 1.69. The minimum Gasteiger partial charge on any atom is -0.423 e. The van der Waals surface area contributed by atoms with Crippen molar-refractivity contribution in [2.45, 2.75) is 33.3 Å². The van der Waals surface area contributed by atoms with Crippen LogP contribution in [-0.2, 0) is 19.9 Å². The van der Waals surface area contributed by atoms with Gasteiger partial charge in [-0.25, -0.2) is 4.79 Å². The van der Waals surface area contributed by atoms with Gasteiger partial charge in [0.1, 0.15) is 5.75 Å². The molecule has 0 radical (unpaired) electrons. The lowest BCUT2D eigenvalue weighted by molar-refractivity contribution is -0.130. The van der Waals surface area contributed by atoms with Gasteiger partial charge in [0, 0.05) is 11.1 Å². The summed E-state index contributed by atoms with van der Waals surface area (Å²) in [5.41, 5.74) is 1.15. The number of ether oxygens (including phenoxy) is 2. The molecule has 2 rings (SSSR count). The maximum atomic E-state index is 11.9. The first kappa shape index (κ1) is 14.5. The van der Waals surface area contributed by atoms with Crippen LogP contribution in [0.5, 0.6) is 5.75 Å². The Balaban J connectivity index is 2.40. The van der Waals surface area contributed by atoms with Gasteiger partial charge in [-0.1, -0.05) is 18.2 Å². The van der Waals surface area contributed by atoms with Crippen LogP contribution in [0.15, 0.2) is 29.8 Å². The Morgan fingerprint density at radius 2 is 2.00 bits per heavy atom. The topological polar surface area (TPSA) is 55.9 Å². The Kier molecular flexibility index (Phi) is 3.77. The van der Waals surface area contributed by atoms with Gasteiger partial charge in [-0.05, 0) is 39.3 Å². The van der Waals surface area contributed by atoms with Crippen LogP contribution in [0.1, 0.15) is 31.9 Å². The van der Waals surface area contributed by atoms with Gasteiger partial charge in [0.25, 0.3) is 0 Å². The standard InChI is InChI=1S/C16H18O4/c1-5-11(3)15(18)20-14-8-10(2)6-7-13(14)16(9-19-16)12(4)17/h5-8H,9H2,1-4H3. The first-order chi connectivity index (χ1) is 9.40. The molecule has 0 amide bonds. The highest BCUT2D eigenvalue weighted by atomic mass is 16.6. The number of benzene rings is 1. The smallest absolute Gasteiger partial charge is 0.338 e. The van der Waals surface area contributed by atoms with Crippen molar-refractivity contribution < 1.29 is 19.1 Å². The number of hydrogen-bond donors (Lipinski definition) is 0. The largest absolute Gasteiger partial charge is 0.423 e. The zero-order chi connectivity index (χ0) is 14.9. The van der Waals surface area contributed by atoms with Crippen molar-refractivity contribution in [1.29, 1.82) is 0 Å². The number of hydrogen-bond acceptors (Lipinski definition) is 4. The van der Waals surface area contributed by atoms with Crippen LogP contribution < -0.4 is 4.74 Å². The second-order valence-corrected chi connectivity index (χ2v) is 5.03. The summed E-state index contributed by atoms with van der Waals surface area (Å²) in [6.45, 7) is 7.17. The molecule has 4 nitrogen and oxygen atoms in total. The maximum Gasteiger partial charge on any atom is 0.338 e. The molecule has 4 heteroatoms. The molecule has 0 spiro atoms. The zero-order valence-corrected chi connectivity index (χ0v) is 12.1. The van der Waals surface area contributed by atoms with E-state index in [0.717, 1.165) is 5.56 Å². The average Bonchev–Trinajstić information content (AvgIpc) is 3.19. The van der Waals surface area contributed by atoms with Crippen LogP contribution in [0.2, 0.25) is 0 Å². The van der Waals surface area contributed by atoms with E-state index in [1.165, 1.54) is 6.92 Å². The molecule has 1 aromatic carbocycles. The molecule has 1 aromatic rings. The van der Waals surface area contributed by atoms with Crippen molar-refractivity contribution in [2.24, 2.45) is 0 Å². The minimum absolute atomic E-state index is 0.0820. The Hall–Kier alpha value is -1.94. The third-order valence-electron chi connectivity index (χ3n) is 3.53. The SMILES string of the molecule is CC=C(C)C(=O)Oc1cc(C)ccc1C1(C(C)=O)CO1. The molecule has 0 aromatic heterocycles. The third kappa shape index (κ3) is 2.51. The van der Waals surface area contributed by atoms with Crippen molar-refractivity contribution in [3.63, 3.8) is 0 Å². The van der Waals surface area contributed by atoms with E-state index in [0.29, 0.717) is 23.5 Å². The fourth-order valence-corrected chi connectivity index (χ4v) is 1.97. The molecular formula is C16H18O4. The highest BCUT2D eigenvalue weighted by Gasteiger charge is 2.53. The van der Waals surface area contributed by atoms with Gasteiger partial charge in [-0.3, -0.25) is 4.79 Å². The lowest BCUT2D eigenvalue weighted by atomic mass is 9.94. The van der Waals surface area contributed by atoms with Crippen molar-refractivity contribution in [2.75, 3.05) is 6.61 Å². The summed E-state index contributed by atoms with van der Waals surface area (Å²) < 4.78 is 10.8. The molecule has 0 bridgehead atoms. The van der Waals surface area contributed by atoms with E-state index in [2.05, 4.69) is 0 Å². The highest BCUT2D eigenvalue weighted by molar-refractivity contribution is 5.92. The van der Waals surface area contributed by atoms with Crippen molar-refractivity contribution in [3.8, 4) is 5.75 Å². The lowest BCUT2D eigenvalue weighted by Crippen LogP contribution is -2.21. The number of Topliss-reactive ketones (excluding diaryl/α,β-unsaturated/α-hetero) is 1. The summed E-state index contributed by atoms with van der Waals surface area (Å²) in [4.78, 5) is 23.7. The molecular weight excluding hydrogens is 256 g/mol. The van der Waals surface area contributed by atoms with Crippen LogP contribution in [0.25, 0.3) is 0 Å². The second kappa shape index (κ2) is 5.21. The van der Waals surface area contributed by atoms with Gasteiger partial charge in [0.05, 0.1) is 6.61 Å². The van der Waals surface area contributed by atoms with Gasteiger partial charge >= 0.3 is 5.97 Å². The second-order valence-electron chi connectivity index (χ2n) is 5.03. The average molecular weight is 274 g/mol. The monoisotopic (exact) mass is 274 g/mol. The summed E-state index contributed by atoms with van der Waals surface area (Å²) in [7, 11) is 0. The van der Waals surface area contributed by atoms with Crippen LogP contribution >= 0.6 is 0 Å². The number of rotatable bonds is 4. The third-order valence-corrected chi connectivity index (χ3v) is 3.53. The van der Waals surface area contributed by atoms with Crippen molar-refractivity contribution in [3.05, 3.63) is 41.0 Å². The summed E-state index contributed by atoms with van der Waals surface area (Å²) in [5, 5.41) is 0. The van der Waals surface area contributed by atoms with Gasteiger partial charge in [-0.15, -0.1) is 0 Å². The number of epoxide rings is 1. The predicted molar refractivity (Wildman–Crippen MR) is 74.6 cm³/mol. The molecule has 1 saturated heterocycles. The normalized spacial score (nSPS) is 21.5. The van der Waals surface area contributed by atoms with E-state index in [-0.39, 0.29) is 5.78 Å². The molecule has 0 aliphatic carbocycles. The predicted octanol–water partition coefficient (Wildman–Crippen LogP) is 2.68. The van der Waals surface area contributed by atoms with E-state index in [1.54, 1.807) is 32.1 Å². The molecule has 1 aliphatic heterocycles. The van der Waals surface area contributed by atoms with Gasteiger partial charge in [-0.2, -0.15) is 0 Å². The molecule has 20 heavy (non-hydrogen) atoms. The lowest BCUT2D eigenvalue weighted by Gasteiger charge is -2.15. The maximum absolute atomic E-state index is 11.9. The number of carbonyl (C=O) groups is 2. The minimum atomic E-state index is -0.937. The van der Waals surface area contributed by atoms with Crippen LogP contribution in [0, 0.1) is 6.92 Å². The summed E-state index contributed by atoms with van der Waals surface area (Å²) >= 11 is 0. The molecule has 0 saturated carbocycles. The van der Waals surface area contributed by atoms with Gasteiger partial charge in [0.2, 0.25) is 0 Å². The van der Waals surface area contributed by atoms with Crippen molar-refractivity contribution >= 4 is 11.8 Å². The van der Waals surface area contributed by atoms with Gasteiger partial charge in [0.15, 0.2) is 11.4 Å². The number of carbonyl (C=O) groups excluding carboxylic acids is 2. The zero-order valence-electron chi connectivity index (χ0n) is 12.1.